The van der Waals surface area contributed by atoms with Crippen LogP contribution in [0.15, 0.2) is 54.6 Å². The number of aliphatic hydroxyl groups excluding tert-OH is 1. The van der Waals surface area contributed by atoms with Crippen molar-refractivity contribution in [2.75, 3.05) is 32.8 Å². The molecule has 8 heteroatoms. The van der Waals surface area contributed by atoms with Gasteiger partial charge in [-0.15, -0.1) is 11.8 Å². The summed E-state index contributed by atoms with van der Waals surface area (Å²) >= 11 is 1.63. The highest BCUT2D eigenvalue weighted by Crippen LogP contribution is 2.65. The smallest absolute Gasteiger partial charge is 0.247 e. The summed E-state index contributed by atoms with van der Waals surface area (Å²) < 4.78 is -1.40. The van der Waals surface area contributed by atoms with E-state index < -0.39 is 27.4 Å². The van der Waals surface area contributed by atoms with Crippen molar-refractivity contribution in [1.29, 1.82) is 0 Å². The fraction of sp³-hybridized carbons (Fsp3) is 0.567. The van der Waals surface area contributed by atoms with E-state index in [4.69, 9.17) is 0 Å². The Morgan fingerprint density at radius 3 is 2.37 bits per heavy atom. The first-order chi connectivity index (χ1) is 18.4. The number of amides is 3. The van der Waals surface area contributed by atoms with E-state index in [1.54, 1.807) is 16.7 Å². The zero-order chi connectivity index (χ0) is 26.9. The minimum atomic E-state index is -0.802. The molecule has 204 valence electrons. The fourth-order valence-electron chi connectivity index (χ4n) is 6.75. The Labute approximate surface area is 229 Å². The molecule has 5 rings (SSSR count). The first-order valence-electron chi connectivity index (χ1n) is 13.9. The zero-order valence-electron chi connectivity index (χ0n) is 22.4. The van der Waals surface area contributed by atoms with Gasteiger partial charge in [0, 0.05) is 44.1 Å². The SMILES string of the molecule is CCCCN1CC=C[C@]23S[C@]4(C)C=CCN(Cc5ccccc5)C(=O)[C@@H]4[C@H]2C(=O)N(CCCCO)C3C1=O. The van der Waals surface area contributed by atoms with Gasteiger partial charge in [0.2, 0.25) is 17.7 Å². The highest BCUT2D eigenvalue weighted by Gasteiger charge is 2.73. The number of fused-ring (bicyclic) bond motifs is 2. The van der Waals surface area contributed by atoms with Crippen LogP contribution in [0.5, 0.6) is 0 Å². The van der Waals surface area contributed by atoms with Gasteiger partial charge < -0.3 is 19.8 Å². The molecule has 0 aromatic heterocycles. The number of aliphatic hydroxyl groups is 1. The van der Waals surface area contributed by atoms with Crippen LogP contribution in [0.1, 0.15) is 45.1 Å². The van der Waals surface area contributed by atoms with E-state index >= 15 is 0 Å². The topological polar surface area (TPSA) is 81.2 Å². The molecule has 5 atom stereocenters. The van der Waals surface area contributed by atoms with Crippen LogP contribution >= 0.6 is 11.8 Å². The molecule has 4 aliphatic rings. The van der Waals surface area contributed by atoms with Crippen molar-refractivity contribution in [3.63, 3.8) is 0 Å². The molecule has 2 fully saturated rings. The Morgan fingerprint density at radius 2 is 1.63 bits per heavy atom. The highest BCUT2D eigenvalue weighted by molar-refractivity contribution is 8.02. The van der Waals surface area contributed by atoms with Crippen LogP contribution in [0.2, 0.25) is 0 Å². The van der Waals surface area contributed by atoms with Gasteiger partial charge in [0.05, 0.1) is 16.6 Å². The summed E-state index contributed by atoms with van der Waals surface area (Å²) in [6.07, 6.45) is 11.4. The summed E-state index contributed by atoms with van der Waals surface area (Å²) in [5.74, 6) is -1.32. The second-order valence-electron chi connectivity index (χ2n) is 11.1. The Morgan fingerprint density at radius 1 is 0.895 bits per heavy atom. The molecule has 1 aromatic carbocycles. The molecule has 1 unspecified atom stereocenters. The predicted octanol–water partition coefficient (Wildman–Crippen LogP) is 3.24. The number of thioether (sulfide) groups is 1. The van der Waals surface area contributed by atoms with E-state index in [1.165, 1.54) is 0 Å². The number of nitrogens with zero attached hydrogens (tertiary/aromatic N) is 3. The van der Waals surface area contributed by atoms with Crippen molar-refractivity contribution in [3.8, 4) is 0 Å². The van der Waals surface area contributed by atoms with Crippen LogP contribution in [-0.2, 0) is 20.9 Å². The van der Waals surface area contributed by atoms with Crippen molar-refractivity contribution in [2.24, 2.45) is 11.8 Å². The first kappa shape index (κ1) is 27.0. The number of unbranched alkanes of at least 4 members (excludes halogenated alkanes) is 2. The number of hydrogen-bond donors (Lipinski definition) is 1. The summed E-state index contributed by atoms with van der Waals surface area (Å²) in [6.45, 7) is 6.79. The largest absolute Gasteiger partial charge is 0.396 e. The van der Waals surface area contributed by atoms with Crippen LogP contribution < -0.4 is 0 Å². The number of carbonyl (C=O) groups excluding carboxylic acids is 3. The Balaban J connectivity index is 1.54. The summed E-state index contributed by atoms with van der Waals surface area (Å²) in [7, 11) is 0. The Hall–Kier alpha value is -2.58. The van der Waals surface area contributed by atoms with E-state index in [9.17, 15) is 19.5 Å². The van der Waals surface area contributed by atoms with Gasteiger partial charge in [-0.05, 0) is 31.7 Å². The van der Waals surface area contributed by atoms with Crippen LogP contribution in [0.4, 0.5) is 0 Å². The summed E-state index contributed by atoms with van der Waals surface area (Å²) in [5, 5.41) is 9.39. The van der Waals surface area contributed by atoms with Crippen LogP contribution in [0, 0.1) is 11.8 Å². The summed E-state index contributed by atoms with van der Waals surface area (Å²) in [4.78, 5) is 48.2. The maximum Gasteiger partial charge on any atom is 0.247 e. The van der Waals surface area contributed by atoms with Gasteiger partial charge >= 0.3 is 0 Å². The van der Waals surface area contributed by atoms with Crippen LogP contribution in [0.25, 0.3) is 0 Å². The molecule has 0 saturated carbocycles. The summed E-state index contributed by atoms with van der Waals surface area (Å²) in [5.41, 5.74) is 1.05. The van der Waals surface area contributed by atoms with E-state index in [-0.39, 0.29) is 24.3 Å². The summed E-state index contributed by atoms with van der Waals surface area (Å²) in [6, 6.07) is 9.29. The molecule has 3 amide bonds. The molecular formula is C30H39N3O4S. The van der Waals surface area contributed by atoms with E-state index in [0.717, 1.165) is 18.4 Å². The minimum Gasteiger partial charge on any atom is -0.396 e. The number of rotatable bonds is 9. The van der Waals surface area contributed by atoms with Gasteiger partial charge in [-0.2, -0.15) is 0 Å². The van der Waals surface area contributed by atoms with Gasteiger partial charge in [0.25, 0.3) is 0 Å². The van der Waals surface area contributed by atoms with Crippen molar-refractivity contribution in [2.45, 2.75) is 61.6 Å². The molecule has 1 aromatic rings. The van der Waals surface area contributed by atoms with Crippen molar-refractivity contribution >= 4 is 29.5 Å². The zero-order valence-corrected chi connectivity index (χ0v) is 23.2. The second kappa shape index (κ2) is 10.9. The quantitative estimate of drug-likeness (QED) is 0.386. The third-order valence-corrected chi connectivity index (χ3v) is 10.3. The van der Waals surface area contributed by atoms with Gasteiger partial charge in [0.1, 0.15) is 6.04 Å². The van der Waals surface area contributed by atoms with Crippen molar-refractivity contribution in [3.05, 3.63) is 60.2 Å². The molecule has 4 heterocycles. The second-order valence-corrected chi connectivity index (χ2v) is 12.9. The van der Waals surface area contributed by atoms with Gasteiger partial charge in [-0.25, -0.2) is 0 Å². The van der Waals surface area contributed by atoms with Crippen LogP contribution in [0.3, 0.4) is 0 Å². The number of likely N-dealkylation sites (tertiary alicyclic amines) is 1. The van der Waals surface area contributed by atoms with Crippen LogP contribution in [-0.4, -0.2) is 85.8 Å². The molecule has 38 heavy (non-hydrogen) atoms. The minimum absolute atomic E-state index is 0.0200. The number of benzene rings is 1. The normalized spacial score (nSPS) is 32.3. The van der Waals surface area contributed by atoms with Crippen molar-refractivity contribution in [1.82, 2.24) is 14.7 Å². The van der Waals surface area contributed by atoms with Gasteiger partial charge in [-0.1, -0.05) is 68.0 Å². The van der Waals surface area contributed by atoms with Gasteiger partial charge in [0.15, 0.2) is 0 Å². The average molecular weight is 538 g/mol. The molecule has 0 bridgehead atoms. The predicted molar refractivity (Wildman–Crippen MR) is 149 cm³/mol. The molecular weight excluding hydrogens is 498 g/mol. The highest BCUT2D eigenvalue weighted by atomic mass is 32.2. The van der Waals surface area contributed by atoms with Crippen molar-refractivity contribution < 1.29 is 19.5 Å². The molecule has 0 aliphatic carbocycles. The third kappa shape index (κ3) is 4.49. The lowest BCUT2D eigenvalue weighted by Crippen LogP contribution is -2.53. The first-order valence-corrected chi connectivity index (χ1v) is 14.8. The lowest BCUT2D eigenvalue weighted by Gasteiger charge is -2.37. The molecule has 1 spiro atoms. The Kier molecular flexibility index (Phi) is 7.74. The molecule has 1 N–H and O–H groups in total. The maximum absolute atomic E-state index is 14.3. The monoisotopic (exact) mass is 537 g/mol. The maximum atomic E-state index is 14.3. The fourth-order valence-corrected chi connectivity index (χ4v) is 8.91. The lowest BCUT2D eigenvalue weighted by molar-refractivity contribution is -0.145. The molecule has 7 nitrogen and oxygen atoms in total. The molecule has 4 aliphatic heterocycles. The number of hydrogen-bond acceptors (Lipinski definition) is 5. The van der Waals surface area contributed by atoms with E-state index in [1.807, 2.05) is 46.2 Å². The standard InChI is InChI=1S/C30H39N3O4S/c1-3-4-16-31-17-11-15-30-24(27(36)33(19-8-9-20-34)25(30)28(31)37)23-26(35)32(18-10-14-29(23,2)38-30)21-22-12-6-5-7-13-22/h5-7,10-15,23-25,34H,3-4,8-9,16-21H2,1-2H3/t23-,24-,25?,29+,30-/m0/s1. The van der Waals surface area contributed by atoms with E-state index in [2.05, 4.69) is 32.1 Å². The Bertz CT molecular complexity index is 1120. The lowest BCUT2D eigenvalue weighted by atomic mass is 9.74. The average Bonchev–Trinajstić information content (AvgIpc) is 3.18. The van der Waals surface area contributed by atoms with Gasteiger partial charge in [-0.3, -0.25) is 14.4 Å². The van der Waals surface area contributed by atoms with E-state index in [0.29, 0.717) is 45.6 Å². The molecule has 2 saturated heterocycles. The molecule has 0 radical (unpaired) electrons. The number of carbonyl (C=O) groups is 3. The third-order valence-electron chi connectivity index (χ3n) is 8.53.